The lowest BCUT2D eigenvalue weighted by molar-refractivity contribution is -0.0321. The van der Waals surface area contributed by atoms with E-state index in [4.69, 9.17) is 10.00 Å². The Morgan fingerprint density at radius 2 is 2.50 bits per heavy atom. The van der Waals surface area contributed by atoms with E-state index in [0.29, 0.717) is 17.8 Å². The number of aromatic nitrogens is 3. The summed E-state index contributed by atoms with van der Waals surface area (Å²) in [7, 11) is 0. The third-order valence-corrected chi connectivity index (χ3v) is 4.38. The second-order valence-electron chi connectivity index (χ2n) is 5.89. The van der Waals surface area contributed by atoms with Gasteiger partial charge in [0, 0.05) is 38.0 Å². The molecule has 0 spiro atoms. The summed E-state index contributed by atoms with van der Waals surface area (Å²) in [5, 5.41) is 16.1. The van der Waals surface area contributed by atoms with Crippen molar-refractivity contribution in [3.8, 4) is 6.07 Å². The molecular weight excluding hydrogens is 306 g/mol. The van der Waals surface area contributed by atoms with Crippen molar-refractivity contribution in [2.24, 2.45) is 5.92 Å². The molecule has 7 heteroatoms. The maximum Gasteiger partial charge on any atom is 0.252 e. The van der Waals surface area contributed by atoms with E-state index >= 15 is 0 Å². The van der Waals surface area contributed by atoms with Gasteiger partial charge in [0.1, 0.15) is 17.9 Å². The molecular formula is C17H21N5O2. The Hall–Kier alpha value is -2.59. The molecule has 24 heavy (non-hydrogen) atoms. The molecule has 1 aliphatic heterocycles. The molecule has 2 N–H and O–H groups in total. The number of hydrogen-bond donors (Lipinski definition) is 2. The number of ether oxygens (including phenoxy) is 1. The quantitative estimate of drug-likeness (QED) is 0.878. The van der Waals surface area contributed by atoms with Crippen LogP contribution in [0.4, 0.5) is 0 Å². The highest BCUT2D eigenvalue weighted by molar-refractivity contribution is 5.94. The van der Waals surface area contributed by atoms with E-state index in [-0.39, 0.29) is 17.9 Å². The molecule has 0 radical (unpaired) electrons. The summed E-state index contributed by atoms with van der Waals surface area (Å²) in [6.07, 6.45) is 5.27. The number of amides is 1. The molecule has 1 saturated heterocycles. The van der Waals surface area contributed by atoms with E-state index in [1.807, 2.05) is 16.8 Å². The van der Waals surface area contributed by atoms with Crippen molar-refractivity contribution in [1.29, 1.82) is 5.26 Å². The van der Waals surface area contributed by atoms with Crippen LogP contribution in [0.1, 0.15) is 47.6 Å². The number of carbonyl (C=O) groups is 1. The minimum atomic E-state index is -0.180. The highest BCUT2D eigenvalue weighted by Gasteiger charge is 2.30. The highest BCUT2D eigenvalue weighted by Crippen LogP contribution is 2.33. The average Bonchev–Trinajstić information content (AvgIpc) is 3.28. The van der Waals surface area contributed by atoms with Gasteiger partial charge in [0.25, 0.3) is 5.91 Å². The zero-order chi connectivity index (χ0) is 16.9. The summed E-state index contributed by atoms with van der Waals surface area (Å²) in [6.45, 7) is 4.11. The Morgan fingerprint density at radius 1 is 1.62 bits per heavy atom. The zero-order valence-corrected chi connectivity index (χ0v) is 13.7. The molecule has 1 amide bonds. The standard InChI is InChI=1S/C17H21N5O2/c1-2-22-15(5-6-21-22)16-12(4-3-7-24-16)10-20-17(23)13-8-14(9-18)19-11-13/h5-6,8,11-12,16,19H,2-4,7,10H2,1H3,(H,20,23)/t12-,16+/m0/s1. The monoisotopic (exact) mass is 327 g/mol. The largest absolute Gasteiger partial charge is 0.372 e. The van der Waals surface area contributed by atoms with Crippen LogP contribution in [0.15, 0.2) is 24.5 Å². The summed E-state index contributed by atoms with van der Waals surface area (Å²) in [4.78, 5) is 15.0. The van der Waals surface area contributed by atoms with Gasteiger partial charge in [-0.2, -0.15) is 10.4 Å². The van der Waals surface area contributed by atoms with Crippen LogP contribution in [0.2, 0.25) is 0 Å². The van der Waals surface area contributed by atoms with E-state index in [1.54, 1.807) is 18.5 Å². The number of nitrogens with zero attached hydrogens (tertiary/aromatic N) is 3. The molecule has 0 aromatic carbocycles. The fourth-order valence-electron chi connectivity index (χ4n) is 3.14. The molecule has 0 aliphatic carbocycles. The number of rotatable bonds is 5. The third-order valence-electron chi connectivity index (χ3n) is 4.38. The summed E-state index contributed by atoms with van der Waals surface area (Å²) >= 11 is 0. The molecule has 3 rings (SSSR count). The fourth-order valence-corrected chi connectivity index (χ4v) is 3.14. The molecule has 2 aromatic heterocycles. The highest BCUT2D eigenvalue weighted by atomic mass is 16.5. The number of hydrogen-bond acceptors (Lipinski definition) is 4. The van der Waals surface area contributed by atoms with Gasteiger partial charge in [-0.3, -0.25) is 9.48 Å². The lowest BCUT2D eigenvalue weighted by atomic mass is 9.92. The van der Waals surface area contributed by atoms with Gasteiger partial charge in [0.2, 0.25) is 0 Å². The Labute approximate surface area is 140 Å². The van der Waals surface area contributed by atoms with Crippen LogP contribution in [0.25, 0.3) is 0 Å². The van der Waals surface area contributed by atoms with Crippen LogP contribution in [0.3, 0.4) is 0 Å². The molecule has 1 aliphatic rings. The van der Waals surface area contributed by atoms with Gasteiger partial charge >= 0.3 is 0 Å². The van der Waals surface area contributed by atoms with Crippen molar-refractivity contribution in [2.75, 3.05) is 13.2 Å². The van der Waals surface area contributed by atoms with Gasteiger partial charge in [-0.15, -0.1) is 0 Å². The number of H-pyrrole nitrogens is 1. The number of aromatic amines is 1. The van der Waals surface area contributed by atoms with Gasteiger partial charge in [0.15, 0.2) is 0 Å². The summed E-state index contributed by atoms with van der Waals surface area (Å²) in [5.74, 6) is 0.0279. The molecule has 2 atom stereocenters. The van der Waals surface area contributed by atoms with Gasteiger partial charge in [-0.05, 0) is 31.9 Å². The maximum absolute atomic E-state index is 12.2. The van der Waals surface area contributed by atoms with Crippen molar-refractivity contribution in [2.45, 2.75) is 32.4 Å². The number of aryl methyl sites for hydroxylation is 1. The predicted octanol–water partition coefficient (Wildman–Crippen LogP) is 2.00. The van der Waals surface area contributed by atoms with Crippen LogP contribution < -0.4 is 5.32 Å². The Bertz CT molecular complexity index is 742. The van der Waals surface area contributed by atoms with Crippen LogP contribution >= 0.6 is 0 Å². The molecule has 3 heterocycles. The van der Waals surface area contributed by atoms with E-state index in [9.17, 15) is 4.79 Å². The molecule has 2 aromatic rings. The first-order valence-electron chi connectivity index (χ1n) is 8.23. The zero-order valence-electron chi connectivity index (χ0n) is 13.7. The van der Waals surface area contributed by atoms with Crippen LogP contribution in [0, 0.1) is 17.2 Å². The normalized spacial score (nSPS) is 20.5. The van der Waals surface area contributed by atoms with Crippen LogP contribution in [0.5, 0.6) is 0 Å². The van der Waals surface area contributed by atoms with Gasteiger partial charge in [-0.1, -0.05) is 0 Å². The van der Waals surface area contributed by atoms with E-state index in [2.05, 4.69) is 22.3 Å². The van der Waals surface area contributed by atoms with Crippen molar-refractivity contribution >= 4 is 5.91 Å². The van der Waals surface area contributed by atoms with Crippen molar-refractivity contribution in [1.82, 2.24) is 20.1 Å². The Kier molecular flexibility index (Phi) is 4.96. The Balaban J connectivity index is 1.66. The van der Waals surface area contributed by atoms with E-state index in [0.717, 1.165) is 31.7 Å². The summed E-state index contributed by atoms with van der Waals surface area (Å²) < 4.78 is 7.92. The second-order valence-corrected chi connectivity index (χ2v) is 5.89. The topological polar surface area (TPSA) is 95.7 Å². The predicted molar refractivity (Wildman–Crippen MR) is 87.2 cm³/mol. The van der Waals surface area contributed by atoms with Crippen LogP contribution in [-0.2, 0) is 11.3 Å². The lowest BCUT2D eigenvalue weighted by Crippen LogP contribution is -2.35. The number of carbonyl (C=O) groups excluding carboxylic acids is 1. The number of nitrogens with one attached hydrogen (secondary N) is 2. The minimum absolute atomic E-state index is 0.0533. The first kappa shape index (κ1) is 16.3. The first-order chi connectivity index (χ1) is 11.7. The number of nitriles is 1. The van der Waals surface area contributed by atoms with Crippen molar-refractivity contribution in [3.05, 3.63) is 41.5 Å². The lowest BCUT2D eigenvalue weighted by Gasteiger charge is -2.32. The average molecular weight is 327 g/mol. The SMILES string of the molecule is CCn1nccc1[C@@H]1OCCC[C@H]1CNC(=O)c1c[nH]c(C#N)c1. The van der Waals surface area contributed by atoms with Gasteiger partial charge < -0.3 is 15.0 Å². The summed E-state index contributed by atoms with van der Waals surface area (Å²) in [6, 6.07) is 5.52. The van der Waals surface area contributed by atoms with Gasteiger partial charge in [0.05, 0.1) is 11.3 Å². The maximum atomic E-state index is 12.2. The fraction of sp³-hybridized carbons (Fsp3) is 0.471. The molecule has 0 bridgehead atoms. The van der Waals surface area contributed by atoms with Crippen molar-refractivity contribution in [3.63, 3.8) is 0 Å². The minimum Gasteiger partial charge on any atom is -0.372 e. The van der Waals surface area contributed by atoms with E-state index < -0.39 is 0 Å². The first-order valence-corrected chi connectivity index (χ1v) is 8.23. The van der Waals surface area contributed by atoms with Crippen molar-refractivity contribution < 1.29 is 9.53 Å². The summed E-state index contributed by atoms with van der Waals surface area (Å²) in [5.41, 5.74) is 1.91. The third kappa shape index (κ3) is 3.34. The smallest absolute Gasteiger partial charge is 0.252 e. The van der Waals surface area contributed by atoms with Gasteiger partial charge in [-0.25, -0.2) is 0 Å². The molecule has 0 saturated carbocycles. The van der Waals surface area contributed by atoms with Crippen LogP contribution in [-0.4, -0.2) is 33.8 Å². The second kappa shape index (κ2) is 7.32. The molecule has 0 unspecified atom stereocenters. The Morgan fingerprint density at radius 3 is 3.25 bits per heavy atom. The molecule has 126 valence electrons. The molecule has 1 fully saturated rings. The van der Waals surface area contributed by atoms with E-state index in [1.165, 1.54) is 0 Å². The molecule has 7 nitrogen and oxygen atoms in total.